The molecule has 25 heavy (non-hydrogen) atoms. The van der Waals surface area contributed by atoms with E-state index < -0.39 is 36.1 Å². The van der Waals surface area contributed by atoms with Crippen LogP contribution in [-0.4, -0.2) is 12.5 Å². The van der Waals surface area contributed by atoms with Gasteiger partial charge in [-0.15, -0.1) is 0 Å². The third-order valence-electron chi connectivity index (χ3n) is 3.37. The van der Waals surface area contributed by atoms with Crippen LogP contribution in [0.5, 0.6) is 5.75 Å². The molecular weight excluding hydrogens is 406 g/mol. The average molecular weight is 420 g/mol. The number of nitrogens with one attached hydrogen (secondary N) is 1. The quantitative estimate of drug-likeness (QED) is 0.702. The minimum atomic E-state index is -4.41. The first-order chi connectivity index (χ1) is 11.7. The monoisotopic (exact) mass is 419 g/mol. The Labute approximate surface area is 150 Å². The van der Waals surface area contributed by atoms with Gasteiger partial charge in [-0.2, -0.15) is 13.2 Å². The normalized spacial score (nSPS) is 12.6. The van der Waals surface area contributed by atoms with Crippen molar-refractivity contribution in [2.24, 2.45) is 0 Å². The fourth-order valence-corrected chi connectivity index (χ4v) is 2.40. The molecule has 1 amide bonds. The summed E-state index contributed by atoms with van der Waals surface area (Å²) in [6, 6.07) is 8.13. The molecule has 0 aromatic heterocycles. The van der Waals surface area contributed by atoms with E-state index in [0.29, 0.717) is 10.0 Å². The SMILES string of the molecule is CC(NC(=O)COc1ccc(Br)cc1F)c1ccc(C(F)(F)F)cc1. The van der Waals surface area contributed by atoms with Gasteiger partial charge < -0.3 is 10.1 Å². The topological polar surface area (TPSA) is 38.3 Å². The highest BCUT2D eigenvalue weighted by atomic mass is 79.9. The molecule has 2 aromatic rings. The summed E-state index contributed by atoms with van der Waals surface area (Å²) in [6.07, 6.45) is -4.41. The Balaban J connectivity index is 1.91. The molecule has 0 spiro atoms. The summed E-state index contributed by atoms with van der Waals surface area (Å²) in [5.41, 5.74) is -0.250. The number of ether oxygens (including phenoxy) is 1. The standard InChI is InChI=1S/C17H14BrF4NO2/c1-10(11-2-4-12(5-3-11)17(20,21)22)23-16(24)9-25-15-7-6-13(18)8-14(15)19/h2-8,10H,9H2,1H3,(H,23,24). The molecule has 0 aliphatic carbocycles. The molecule has 0 fully saturated rings. The molecule has 0 radical (unpaired) electrons. The van der Waals surface area contributed by atoms with E-state index in [0.717, 1.165) is 12.1 Å². The number of rotatable bonds is 5. The van der Waals surface area contributed by atoms with Crippen molar-refractivity contribution < 1.29 is 27.1 Å². The van der Waals surface area contributed by atoms with E-state index in [-0.39, 0.29) is 5.75 Å². The number of hydrogen-bond donors (Lipinski definition) is 1. The number of alkyl halides is 3. The van der Waals surface area contributed by atoms with Gasteiger partial charge in [-0.05, 0) is 42.8 Å². The fourth-order valence-electron chi connectivity index (χ4n) is 2.06. The molecule has 8 heteroatoms. The van der Waals surface area contributed by atoms with Crippen LogP contribution < -0.4 is 10.1 Å². The van der Waals surface area contributed by atoms with Crippen LogP contribution >= 0.6 is 15.9 Å². The van der Waals surface area contributed by atoms with E-state index in [1.807, 2.05) is 0 Å². The Kier molecular flexibility index (Phi) is 6.05. The molecule has 134 valence electrons. The van der Waals surface area contributed by atoms with E-state index in [9.17, 15) is 22.4 Å². The van der Waals surface area contributed by atoms with Gasteiger partial charge in [0.25, 0.3) is 5.91 Å². The third-order valence-corrected chi connectivity index (χ3v) is 3.86. The Morgan fingerprint density at radius 1 is 1.20 bits per heavy atom. The minimum Gasteiger partial charge on any atom is -0.481 e. The third kappa shape index (κ3) is 5.45. The average Bonchev–Trinajstić information content (AvgIpc) is 2.53. The number of halogens is 5. The highest BCUT2D eigenvalue weighted by Crippen LogP contribution is 2.29. The van der Waals surface area contributed by atoms with Crippen LogP contribution in [0.25, 0.3) is 0 Å². The van der Waals surface area contributed by atoms with Gasteiger partial charge in [-0.3, -0.25) is 4.79 Å². The van der Waals surface area contributed by atoms with Gasteiger partial charge in [0.15, 0.2) is 18.2 Å². The molecule has 0 heterocycles. The zero-order chi connectivity index (χ0) is 18.6. The minimum absolute atomic E-state index is 0.0690. The summed E-state index contributed by atoms with van der Waals surface area (Å²) < 4.78 is 56.8. The molecule has 1 unspecified atom stereocenters. The number of carbonyl (C=O) groups is 1. The van der Waals surface area contributed by atoms with Gasteiger partial charge >= 0.3 is 6.18 Å². The second-order valence-electron chi connectivity index (χ2n) is 5.27. The van der Waals surface area contributed by atoms with Gasteiger partial charge in [-0.25, -0.2) is 4.39 Å². The van der Waals surface area contributed by atoms with Gasteiger partial charge in [0.1, 0.15) is 0 Å². The van der Waals surface area contributed by atoms with Crippen molar-refractivity contribution >= 4 is 21.8 Å². The first-order valence-corrected chi connectivity index (χ1v) is 8.00. The lowest BCUT2D eigenvalue weighted by atomic mass is 10.1. The van der Waals surface area contributed by atoms with Crippen LogP contribution in [-0.2, 0) is 11.0 Å². The maximum Gasteiger partial charge on any atom is 0.416 e. The van der Waals surface area contributed by atoms with Crippen molar-refractivity contribution in [2.75, 3.05) is 6.61 Å². The van der Waals surface area contributed by atoms with Crippen molar-refractivity contribution in [2.45, 2.75) is 19.1 Å². The summed E-state index contributed by atoms with van der Waals surface area (Å²) in [4.78, 5) is 11.9. The maximum atomic E-state index is 13.6. The van der Waals surface area contributed by atoms with Crippen molar-refractivity contribution in [1.29, 1.82) is 0 Å². The van der Waals surface area contributed by atoms with E-state index in [2.05, 4.69) is 21.2 Å². The van der Waals surface area contributed by atoms with Crippen LogP contribution in [0.15, 0.2) is 46.9 Å². The molecular formula is C17H14BrF4NO2. The molecule has 1 atom stereocenters. The number of carbonyl (C=O) groups excluding carboxylic acids is 1. The van der Waals surface area contributed by atoms with Crippen LogP contribution in [0, 0.1) is 5.82 Å². The molecule has 1 N–H and O–H groups in total. The van der Waals surface area contributed by atoms with Crippen molar-refractivity contribution in [3.05, 3.63) is 63.9 Å². The van der Waals surface area contributed by atoms with E-state index in [4.69, 9.17) is 4.74 Å². The van der Waals surface area contributed by atoms with Crippen LogP contribution in [0.3, 0.4) is 0 Å². The first kappa shape index (κ1) is 19.2. The zero-order valence-electron chi connectivity index (χ0n) is 13.0. The second kappa shape index (κ2) is 7.86. The second-order valence-corrected chi connectivity index (χ2v) is 6.19. The molecule has 0 bridgehead atoms. The molecule has 0 saturated carbocycles. The van der Waals surface area contributed by atoms with Crippen LogP contribution in [0.4, 0.5) is 17.6 Å². The predicted molar refractivity (Wildman–Crippen MR) is 87.6 cm³/mol. The lowest BCUT2D eigenvalue weighted by Gasteiger charge is -2.16. The highest BCUT2D eigenvalue weighted by molar-refractivity contribution is 9.10. The van der Waals surface area contributed by atoms with Crippen molar-refractivity contribution in [1.82, 2.24) is 5.32 Å². The molecule has 2 aromatic carbocycles. The van der Waals surface area contributed by atoms with Gasteiger partial charge in [0.2, 0.25) is 0 Å². The Bertz CT molecular complexity index is 747. The highest BCUT2D eigenvalue weighted by Gasteiger charge is 2.30. The van der Waals surface area contributed by atoms with Crippen LogP contribution in [0.1, 0.15) is 24.1 Å². The Morgan fingerprint density at radius 2 is 1.84 bits per heavy atom. The largest absolute Gasteiger partial charge is 0.481 e. The Morgan fingerprint density at radius 3 is 2.40 bits per heavy atom. The van der Waals surface area contributed by atoms with E-state index in [1.54, 1.807) is 13.0 Å². The summed E-state index contributed by atoms with van der Waals surface area (Å²) in [5, 5.41) is 2.58. The lowest BCUT2D eigenvalue weighted by Crippen LogP contribution is -2.31. The summed E-state index contributed by atoms with van der Waals surface area (Å²) >= 11 is 3.11. The number of hydrogen-bond acceptors (Lipinski definition) is 2. The zero-order valence-corrected chi connectivity index (χ0v) is 14.6. The number of benzene rings is 2. The summed E-state index contributed by atoms with van der Waals surface area (Å²) in [7, 11) is 0. The Hall–Kier alpha value is -2.09. The molecule has 0 aliphatic heterocycles. The molecule has 3 nitrogen and oxygen atoms in total. The van der Waals surface area contributed by atoms with Crippen molar-refractivity contribution in [3.8, 4) is 5.75 Å². The smallest absolute Gasteiger partial charge is 0.416 e. The van der Waals surface area contributed by atoms with Gasteiger partial charge in [0.05, 0.1) is 11.6 Å². The summed E-state index contributed by atoms with van der Waals surface area (Å²) in [5.74, 6) is -1.20. The predicted octanol–water partition coefficient (Wildman–Crippen LogP) is 4.86. The van der Waals surface area contributed by atoms with Gasteiger partial charge in [0, 0.05) is 4.47 Å². The first-order valence-electron chi connectivity index (χ1n) is 7.21. The van der Waals surface area contributed by atoms with Crippen molar-refractivity contribution in [3.63, 3.8) is 0 Å². The summed E-state index contributed by atoms with van der Waals surface area (Å²) in [6.45, 7) is 1.21. The number of amides is 1. The molecule has 2 rings (SSSR count). The lowest BCUT2D eigenvalue weighted by molar-refractivity contribution is -0.137. The van der Waals surface area contributed by atoms with E-state index in [1.165, 1.54) is 24.3 Å². The molecule has 0 aliphatic rings. The van der Waals surface area contributed by atoms with Crippen LogP contribution in [0.2, 0.25) is 0 Å². The fraction of sp³-hybridized carbons (Fsp3) is 0.235. The van der Waals surface area contributed by atoms with E-state index >= 15 is 0 Å². The molecule has 0 saturated heterocycles. The van der Waals surface area contributed by atoms with Gasteiger partial charge in [-0.1, -0.05) is 28.1 Å². The maximum absolute atomic E-state index is 13.6.